The summed E-state index contributed by atoms with van der Waals surface area (Å²) in [6.45, 7) is 12.4. The van der Waals surface area contributed by atoms with Crippen molar-refractivity contribution >= 4 is 23.7 Å². The van der Waals surface area contributed by atoms with Gasteiger partial charge in [-0.3, -0.25) is 4.79 Å². The van der Waals surface area contributed by atoms with Crippen molar-refractivity contribution in [2.45, 2.75) is 57.1 Å². The number of carbonyl (C=O) groups is 2. The molecule has 1 heterocycles. The van der Waals surface area contributed by atoms with E-state index in [1.165, 1.54) is 11.1 Å². The summed E-state index contributed by atoms with van der Waals surface area (Å²) in [6.07, 6.45) is 0.767. The SMILES string of the molecule is CCNC(=O)N(C)CCCN1C(=O)C(C)SC1c1ccc(C(C)(C)C)cc1. The second-order valence-corrected chi connectivity index (χ2v) is 9.57. The summed E-state index contributed by atoms with van der Waals surface area (Å²) in [5.74, 6) is 0.186. The molecule has 1 aliphatic heterocycles. The molecule has 0 spiro atoms. The molecular weight excluding hydrogens is 358 g/mol. The number of rotatable bonds is 6. The van der Waals surface area contributed by atoms with Gasteiger partial charge in [-0.25, -0.2) is 4.79 Å². The van der Waals surface area contributed by atoms with Crippen LogP contribution in [0.15, 0.2) is 24.3 Å². The average molecular weight is 392 g/mol. The summed E-state index contributed by atoms with van der Waals surface area (Å²) in [7, 11) is 1.79. The van der Waals surface area contributed by atoms with Gasteiger partial charge in [0, 0.05) is 26.7 Å². The third kappa shape index (κ3) is 5.41. The molecule has 0 saturated carbocycles. The predicted octanol–water partition coefficient (Wildman–Crippen LogP) is 4.00. The van der Waals surface area contributed by atoms with Gasteiger partial charge in [0.15, 0.2) is 0 Å². The highest BCUT2D eigenvalue weighted by molar-refractivity contribution is 8.01. The zero-order chi connectivity index (χ0) is 20.2. The van der Waals surface area contributed by atoms with Gasteiger partial charge in [-0.15, -0.1) is 11.8 Å². The minimum absolute atomic E-state index is 0.0292. The summed E-state index contributed by atoms with van der Waals surface area (Å²) >= 11 is 1.70. The van der Waals surface area contributed by atoms with Crippen molar-refractivity contribution in [2.24, 2.45) is 0 Å². The van der Waals surface area contributed by atoms with Crippen molar-refractivity contribution in [3.05, 3.63) is 35.4 Å². The van der Waals surface area contributed by atoms with Crippen LogP contribution in [0.25, 0.3) is 0 Å². The Morgan fingerprint density at radius 2 is 1.89 bits per heavy atom. The molecule has 1 aliphatic rings. The minimum atomic E-state index is -0.0673. The van der Waals surface area contributed by atoms with E-state index in [0.29, 0.717) is 19.6 Å². The highest BCUT2D eigenvalue weighted by Crippen LogP contribution is 2.43. The molecular formula is C21H33N3O2S. The fourth-order valence-electron chi connectivity index (χ4n) is 3.17. The lowest BCUT2D eigenvalue weighted by Crippen LogP contribution is -2.39. The Morgan fingerprint density at radius 1 is 1.26 bits per heavy atom. The fourth-order valence-corrected chi connectivity index (χ4v) is 4.48. The molecule has 5 nitrogen and oxygen atoms in total. The van der Waals surface area contributed by atoms with Gasteiger partial charge in [0.25, 0.3) is 0 Å². The van der Waals surface area contributed by atoms with Crippen molar-refractivity contribution < 1.29 is 9.59 Å². The van der Waals surface area contributed by atoms with Crippen LogP contribution in [-0.2, 0) is 10.2 Å². The number of nitrogens with zero attached hydrogens (tertiary/aromatic N) is 2. The molecule has 1 saturated heterocycles. The summed E-state index contributed by atoms with van der Waals surface area (Å²) in [5, 5.41) is 2.82. The van der Waals surface area contributed by atoms with Crippen molar-refractivity contribution in [1.82, 2.24) is 15.1 Å². The first-order valence-corrected chi connectivity index (χ1v) is 10.6. The van der Waals surface area contributed by atoms with Crippen LogP contribution in [0.2, 0.25) is 0 Å². The molecule has 0 radical (unpaired) electrons. The van der Waals surface area contributed by atoms with E-state index < -0.39 is 0 Å². The maximum atomic E-state index is 12.6. The van der Waals surface area contributed by atoms with Crippen LogP contribution in [-0.4, -0.2) is 53.7 Å². The van der Waals surface area contributed by atoms with Crippen LogP contribution in [0.3, 0.4) is 0 Å². The monoisotopic (exact) mass is 391 g/mol. The molecule has 3 amide bonds. The normalized spacial score (nSPS) is 20.1. The first-order chi connectivity index (χ1) is 12.6. The minimum Gasteiger partial charge on any atom is -0.338 e. The van der Waals surface area contributed by atoms with E-state index in [1.54, 1.807) is 23.7 Å². The van der Waals surface area contributed by atoms with Crippen LogP contribution in [0.4, 0.5) is 4.79 Å². The van der Waals surface area contributed by atoms with Gasteiger partial charge in [0.2, 0.25) is 5.91 Å². The molecule has 1 aromatic rings. The summed E-state index contributed by atoms with van der Waals surface area (Å²) in [4.78, 5) is 28.1. The molecule has 2 rings (SSSR count). The van der Waals surface area contributed by atoms with Gasteiger partial charge in [-0.05, 0) is 36.8 Å². The number of amides is 3. The Balaban J connectivity index is 2.03. The highest BCUT2D eigenvalue weighted by atomic mass is 32.2. The van der Waals surface area contributed by atoms with Crippen LogP contribution >= 0.6 is 11.8 Å². The third-order valence-electron chi connectivity index (χ3n) is 4.88. The molecule has 0 aromatic heterocycles. The largest absolute Gasteiger partial charge is 0.338 e. The Morgan fingerprint density at radius 3 is 2.44 bits per heavy atom. The fraction of sp³-hybridized carbons (Fsp3) is 0.619. The average Bonchev–Trinajstić information content (AvgIpc) is 2.89. The van der Waals surface area contributed by atoms with E-state index in [-0.39, 0.29) is 28.0 Å². The maximum absolute atomic E-state index is 12.6. The van der Waals surface area contributed by atoms with Crippen LogP contribution in [0.5, 0.6) is 0 Å². The smallest absolute Gasteiger partial charge is 0.317 e. The van der Waals surface area contributed by atoms with Gasteiger partial charge < -0.3 is 15.1 Å². The summed E-state index contributed by atoms with van der Waals surface area (Å²) in [5.41, 5.74) is 2.58. The Hall–Kier alpha value is -1.69. The van der Waals surface area contributed by atoms with Crippen molar-refractivity contribution in [3.8, 4) is 0 Å². The quantitative estimate of drug-likeness (QED) is 0.797. The standard InChI is InChI=1S/C21H33N3O2S/c1-7-22-20(26)23(6)13-8-14-24-18(25)15(2)27-19(24)16-9-11-17(12-10-16)21(3,4)5/h9-12,15,19H,7-8,13-14H2,1-6H3,(H,22,26). The van der Waals surface area contributed by atoms with Gasteiger partial charge in [-0.2, -0.15) is 0 Å². The number of nitrogens with one attached hydrogen (secondary N) is 1. The van der Waals surface area contributed by atoms with Crippen molar-refractivity contribution in [3.63, 3.8) is 0 Å². The number of hydrogen-bond donors (Lipinski definition) is 1. The van der Waals surface area contributed by atoms with E-state index in [0.717, 1.165) is 6.42 Å². The van der Waals surface area contributed by atoms with E-state index in [1.807, 2.05) is 18.7 Å². The van der Waals surface area contributed by atoms with E-state index in [2.05, 4.69) is 50.4 Å². The number of thioether (sulfide) groups is 1. The van der Waals surface area contributed by atoms with Gasteiger partial charge in [0.1, 0.15) is 5.37 Å². The van der Waals surface area contributed by atoms with Crippen LogP contribution < -0.4 is 5.32 Å². The topological polar surface area (TPSA) is 52.7 Å². The second kappa shape index (κ2) is 9.00. The Kier molecular flexibility index (Phi) is 7.20. The molecule has 1 fully saturated rings. The molecule has 1 N–H and O–H groups in total. The number of carbonyl (C=O) groups excluding carboxylic acids is 2. The zero-order valence-corrected chi connectivity index (χ0v) is 18.2. The first-order valence-electron chi connectivity index (χ1n) is 9.70. The summed E-state index contributed by atoms with van der Waals surface area (Å²) in [6, 6.07) is 8.58. The molecule has 150 valence electrons. The van der Waals surface area contributed by atoms with Gasteiger partial charge in [0.05, 0.1) is 5.25 Å². The number of urea groups is 1. The lowest BCUT2D eigenvalue weighted by atomic mass is 9.86. The Bertz CT molecular complexity index is 654. The molecule has 6 heteroatoms. The number of benzene rings is 1. The molecule has 27 heavy (non-hydrogen) atoms. The lowest BCUT2D eigenvalue weighted by Gasteiger charge is -2.26. The van der Waals surface area contributed by atoms with Crippen molar-refractivity contribution in [1.29, 1.82) is 0 Å². The van der Waals surface area contributed by atoms with Crippen molar-refractivity contribution in [2.75, 3.05) is 26.7 Å². The van der Waals surface area contributed by atoms with Crippen LogP contribution in [0.1, 0.15) is 57.5 Å². The van der Waals surface area contributed by atoms with E-state index >= 15 is 0 Å². The zero-order valence-electron chi connectivity index (χ0n) is 17.4. The van der Waals surface area contributed by atoms with Gasteiger partial charge in [-0.1, -0.05) is 45.0 Å². The first kappa shape index (κ1) is 21.6. The summed E-state index contributed by atoms with van der Waals surface area (Å²) < 4.78 is 0. The predicted molar refractivity (Wildman–Crippen MR) is 113 cm³/mol. The molecule has 1 aromatic carbocycles. The Labute approximate surface area is 167 Å². The molecule has 0 bridgehead atoms. The molecule has 2 atom stereocenters. The lowest BCUT2D eigenvalue weighted by molar-refractivity contribution is -0.129. The molecule has 2 unspecified atom stereocenters. The molecule has 0 aliphatic carbocycles. The van der Waals surface area contributed by atoms with Gasteiger partial charge >= 0.3 is 6.03 Å². The maximum Gasteiger partial charge on any atom is 0.317 e. The second-order valence-electron chi connectivity index (χ2n) is 8.14. The number of hydrogen-bond acceptors (Lipinski definition) is 3. The van der Waals surface area contributed by atoms with Crippen LogP contribution in [0, 0.1) is 0 Å². The van der Waals surface area contributed by atoms with E-state index in [4.69, 9.17) is 0 Å². The van der Waals surface area contributed by atoms with E-state index in [9.17, 15) is 9.59 Å². The highest BCUT2D eigenvalue weighted by Gasteiger charge is 2.38. The third-order valence-corrected chi connectivity index (χ3v) is 6.27.